The summed E-state index contributed by atoms with van der Waals surface area (Å²) < 4.78 is 0. The number of anilines is 1. The maximum absolute atomic E-state index is 13.1. The van der Waals surface area contributed by atoms with Crippen LogP contribution in [0.1, 0.15) is 17.5 Å². The van der Waals surface area contributed by atoms with E-state index in [9.17, 15) is 14.4 Å². The number of amidine groups is 1. The summed E-state index contributed by atoms with van der Waals surface area (Å²) in [6, 6.07) is 15.5. The monoisotopic (exact) mass is 410 g/mol. The van der Waals surface area contributed by atoms with Crippen molar-refractivity contribution in [3.05, 3.63) is 65.7 Å². The number of thioether (sulfide) groups is 1. The minimum Gasteiger partial charge on any atom is -0.379 e. The maximum atomic E-state index is 13.1. The van der Waals surface area contributed by atoms with Crippen LogP contribution in [0, 0.1) is 12.3 Å². The molecule has 1 heterocycles. The van der Waals surface area contributed by atoms with Crippen molar-refractivity contribution in [1.82, 2.24) is 4.90 Å². The maximum Gasteiger partial charge on any atom is 0.257 e. The standard InChI is InChI=1S/C21H22N4O3S/c1-14-7-9-16(10-8-14)25-18(26)11-17(20(25)28)24(19(27)13-29-21(22)23)12-15-5-3-2-4-6-15/h2-10,17H,11-13H2,1H3,(H3,22,23)/t17-/m0/s1. The van der Waals surface area contributed by atoms with Gasteiger partial charge in [0.05, 0.1) is 17.9 Å². The Hall–Kier alpha value is -3.13. The van der Waals surface area contributed by atoms with Crippen LogP contribution >= 0.6 is 11.8 Å². The van der Waals surface area contributed by atoms with Crippen molar-refractivity contribution in [2.24, 2.45) is 5.73 Å². The Morgan fingerprint density at radius 3 is 2.45 bits per heavy atom. The number of amides is 3. The van der Waals surface area contributed by atoms with Crippen LogP contribution in [0.3, 0.4) is 0 Å². The first-order chi connectivity index (χ1) is 13.9. The number of nitrogens with two attached hydrogens (primary N) is 1. The first-order valence-electron chi connectivity index (χ1n) is 9.10. The lowest BCUT2D eigenvalue weighted by molar-refractivity contribution is -0.136. The fraction of sp³-hybridized carbons (Fsp3) is 0.238. The van der Waals surface area contributed by atoms with Gasteiger partial charge in [-0.05, 0) is 24.6 Å². The Labute approximate surface area is 173 Å². The summed E-state index contributed by atoms with van der Waals surface area (Å²) >= 11 is 0.898. The van der Waals surface area contributed by atoms with Crippen LogP contribution in [0.5, 0.6) is 0 Å². The number of hydrogen-bond acceptors (Lipinski definition) is 5. The van der Waals surface area contributed by atoms with Gasteiger partial charge in [0.1, 0.15) is 6.04 Å². The number of carbonyl (C=O) groups excluding carboxylic acids is 3. The Kier molecular flexibility index (Phi) is 6.33. The zero-order valence-corrected chi connectivity index (χ0v) is 16.8. The molecule has 0 aromatic heterocycles. The van der Waals surface area contributed by atoms with Crippen molar-refractivity contribution < 1.29 is 14.4 Å². The molecule has 2 aromatic carbocycles. The molecule has 0 unspecified atom stereocenters. The summed E-state index contributed by atoms with van der Waals surface area (Å²) in [5, 5.41) is 7.16. The smallest absolute Gasteiger partial charge is 0.257 e. The van der Waals surface area contributed by atoms with Crippen molar-refractivity contribution in [3.63, 3.8) is 0 Å². The van der Waals surface area contributed by atoms with Crippen LogP contribution in [0.4, 0.5) is 5.69 Å². The van der Waals surface area contributed by atoms with Crippen molar-refractivity contribution in [3.8, 4) is 0 Å². The number of rotatable bonds is 6. The summed E-state index contributed by atoms with van der Waals surface area (Å²) in [4.78, 5) is 41.2. The molecule has 0 saturated carbocycles. The molecule has 29 heavy (non-hydrogen) atoms. The third-order valence-corrected chi connectivity index (χ3v) is 5.36. The number of nitrogens with one attached hydrogen (secondary N) is 1. The van der Waals surface area contributed by atoms with E-state index in [4.69, 9.17) is 11.1 Å². The van der Waals surface area contributed by atoms with Crippen LogP contribution in [-0.4, -0.2) is 39.6 Å². The molecular weight excluding hydrogens is 388 g/mol. The zero-order valence-electron chi connectivity index (χ0n) is 16.0. The summed E-state index contributed by atoms with van der Waals surface area (Å²) in [5.41, 5.74) is 7.72. The van der Waals surface area contributed by atoms with Gasteiger partial charge in [0.25, 0.3) is 5.91 Å². The molecule has 150 valence electrons. The second-order valence-corrected chi connectivity index (χ2v) is 7.80. The molecule has 3 N–H and O–H groups in total. The van der Waals surface area contributed by atoms with E-state index >= 15 is 0 Å². The molecule has 1 aliphatic heterocycles. The van der Waals surface area contributed by atoms with Crippen molar-refractivity contribution in [1.29, 1.82) is 5.41 Å². The molecule has 0 radical (unpaired) electrons. The molecule has 0 spiro atoms. The van der Waals surface area contributed by atoms with Gasteiger partial charge in [-0.3, -0.25) is 19.8 Å². The number of benzene rings is 2. The Bertz CT molecular complexity index is 931. The lowest BCUT2D eigenvalue weighted by atomic mass is 10.1. The summed E-state index contributed by atoms with van der Waals surface area (Å²) in [6.07, 6.45) is -0.0734. The second kappa shape index (κ2) is 8.91. The van der Waals surface area contributed by atoms with Crippen LogP contribution in [0.15, 0.2) is 54.6 Å². The van der Waals surface area contributed by atoms with E-state index in [1.807, 2.05) is 49.4 Å². The first kappa shape index (κ1) is 20.6. The van der Waals surface area contributed by atoms with Crippen LogP contribution in [-0.2, 0) is 20.9 Å². The van der Waals surface area contributed by atoms with Gasteiger partial charge in [0.15, 0.2) is 5.17 Å². The van der Waals surface area contributed by atoms with E-state index in [0.717, 1.165) is 27.8 Å². The van der Waals surface area contributed by atoms with Gasteiger partial charge in [0.2, 0.25) is 11.8 Å². The highest BCUT2D eigenvalue weighted by Gasteiger charge is 2.44. The third kappa shape index (κ3) is 4.83. The highest BCUT2D eigenvalue weighted by Crippen LogP contribution is 2.27. The molecule has 3 rings (SSSR count). The molecule has 2 aromatic rings. The van der Waals surface area contributed by atoms with Gasteiger partial charge < -0.3 is 10.6 Å². The molecule has 1 saturated heterocycles. The molecule has 0 aliphatic carbocycles. The highest BCUT2D eigenvalue weighted by atomic mass is 32.2. The number of imide groups is 1. The van der Waals surface area contributed by atoms with Gasteiger partial charge in [-0.25, -0.2) is 4.90 Å². The van der Waals surface area contributed by atoms with Crippen molar-refractivity contribution in [2.45, 2.75) is 25.9 Å². The molecule has 1 fully saturated rings. The lowest BCUT2D eigenvalue weighted by Gasteiger charge is -2.27. The quantitative estimate of drug-likeness (QED) is 0.432. The predicted molar refractivity (Wildman–Crippen MR) is 113 cm³/mol. The van der Waals surface area contributed by atoms with E-state index in [0.29, 0.717) is 5.69 Å². The Morgan fingerprint density at radius 2 is 1.83 bits per heavy atom. The predicted octanol–water partition coefficient (Wildman–Crippen LogP) is 2.28. The molecule has 1 aliphatic rings. The fourth-order valence-electron chi connectivity index (χ4n) is 3.20. The minimum atomic E-state index is -0.885. The molecular formula is C21H22N4O3S. The van der Waals surface area contributed by atoms with E-state index < -0.39 is 11.9 Å². The van der Waals surface area contributed by atoms with E-state index in [1.165, 1.54) is 4.90 Å². The first-order valence-corrected chi connectivity index (χ1v) is 10.1. The Morgan fingerprint density at radius 1 is 1.17 bits per heavy atom. The zero-order chi connectivity index (χ0) is 21.0. The normalized spacial score (nSPS) is 16.2. The van der Waals surface area contributed by atoms with Gasteiger partial charge in [-0.2, -0.15) is 0 Å². The topological polar surface area (TPSA) is 108 Å². The molecule has 0 bridgehead atoms. The number of aryl methyl sites for hydroxylation is 1. The van der Waals surface area contributed by atoms with Gasteiger partial charge in [-0.1, -0.05) is 59.8 Å². The van der Waals surface area contributed by atoms with Crippen molar-refractivity contribution >= 4 is 40.3 Å². The second-order valence-electron chi connectivity index (χ2n) is 6.78. The number of nitrogens with zero attached hydrogens (tertiary/aromatic N) is 2. The fourth-order valence-corrected chi connectivity index (χ4v) is 3.64. The lowest BCUT2D eigenvalue weighted by Crippen LogP contribution is -2.46. The molecule has 3 amide bonds. The van der Waals surface area contributed by atoms with Crippen LogP contribution in [0.2, 0.25) is 0 Å². The van der Waals surface area contributed by atoms with Gasteiger partial charge in [0, 0.05) is 6.54 Å². The summed E-state index contributed by atoms with van der Waals surface area (Å²) in [6.45, 7) is 2.12. The summed E-state index contributed by atoms with van der Waals surface area (Å²) in [5.74, 6) is -1.17. The number of carbonyl (C=O) groups is 3. The third-order valence-electron chi connectivity index (χ3n) is 4.66. The van der Waals surface area contributed by atoms with Gasteiger partial charge in [-0.15, -0.1) is 0 Å². The largest absolute Gasteiger partial charge is 0.379 e. The molecule has 7 nitrogen and oxygen atoms in total. The molecule has 1 atom stereocenters. The van der Waals surface area contributed by atoms with E-state index in [-0.39, 0.29) is 35.7 Å². The Balaban J connectivity index is 1.87. The number of hydrogen-bond donors (Lipinski definition) is 2. The SMILES string of the molecule is Cc1ccc(N2C(=O)C[C@H](N(Cc3ccccc3)C(=O)CSC(=N)N)C2=O)cc1. The molecule has 8 heteroatoms. The van der Waals surface area contributed by atoms with E-state index in [2.05, 4.69) is 0 Å². The average Bonchev–Trinajstić information content (AvgIpc) is 2.99. The minimum absolute atomic E-state index is 0.0648. The highest BCUT2D eigenvalue weighted by molar-refractivity contribution is 8.14. The van der Waals surface area contributed by atoms with Crippen LogP contribution < -0.4 is 10.6 Å². The van der Waals surface area contributed by atoms with Crippen LogP contribution in [0.25, 0.3) is 0 Å². The van der Waals surface area contributed by atoms with E-state index in [1.54, 1.807) is 12.1 Å². The average molecular weight is 410 g/mol. The van der Waals surface area contributed by atoms with Crippen molar-refractivity contribution in [2.75, 3.05) is 10.7 Å². The van der Waals surface area contributed by atoms with Gasteiger partial charge >= 0.3 is 0 Å². The summed E-state index contributed by atoms with van der Waals surface area (Å²) in [7, 11) is 0.